The Bertz CT molecular complexity index is 986. The molecular formula is C19H17BrN4O2S. The van der Waals surface area contributed by atoms with Crippen molar-refractivity contribution in [2.45, 2.75) is 18.3 Å². The van der Waals surface area contributed by atoms with Gasteiger partial charge in [-0.15, -0.1) is 10.2 Å². The van der Waals surface area contributed by atoms with Crippen molar-refractivity contribution in [2.24, 2.45) is 0 Å². The highest BCUT2D eigenvalue weighted by Gasteiger charge is 2.27. The number of nitrogens with one attached hydrogen (secondary N) is 1. The van der Waals surface area contributed by atoms with Gasteiger partial charge in [-0.1, -0.05) is 52.8 Å². The molecule has 0 saturated heterocycles. The van der Waals surface area contributed by atoms with Crippen molar-refractivity contribution in [3.8, 4) is 22.9 Å². The van der Waals surface area contributed by atoms with Gasteiger partial charge in [0.1, 0.15) is 5.75 Å². The van der Waals surface area contributed by atoms with E-state index in [1.165, 1.54) is 11.8 Å². The van der Waals surface area contributed by atoms with Gasteiger partial charge < -0.3 is 14.8 Å². The highest BCUT2D eigenvalue weighted by atomic mass is 79.9. The first-order valence-corrected chi connectivity index (χ1v) is 10.2. The Labute approximate surface area is 169 Å². The molecule has 1 unspecified atom stereocenters. The molecule has 1 N–H and O–H groups in total. The van der Waals surface area contributed by atoms with Gasteiger partial charge in [-0.05, 0) is 30.0 Å². The number of rotatable bonds is 4. The molecule has 0 amide bonds. The first-order valence-electron chi connectivity index (χ1n) is 8.43. The van der Waals surface area contributed by atoms with E-state index in [2.05, 4.69) is 36.4 Å². The zero-order chi connectivity index (χ0) is 18.8. The molecule has 3 aromatic rings. The lowest BCUT2D eigenvalue weighted by atomic mass is 10.1. The van der Waals surface area contributed by atoms with Gasteiger partial charge >= 0.3 is 0 Å². The fraction of sp³-hybridized carbons (Fsp3) is 0.211. The Morgan fingerprint density at radius 3 is 2.89 bits per heavy atom. The van der Waals surface area contributed by atoms with Gasteiger partial charge in [0.25, 0.3) is 0 Å². The summed E-state index contributed by atoms with van der Waals surface area (Å²) in [6.45, 7) is 2.05. The van der Waals surface area contributed by atoms with E-state index < -0.39 is 6.23 Å². The van der Waals surface area contributed by atoms with Crippen molar-refractivity contribution < 1.29 is 9.47 Å². The van der Waals surface area contributed by atoms with Crippen LogP contribution in [-0.4, -0.2) is 28.0 Å². The van der Waals surface area contributed by atoms with Crippen LogP contribution in [0.5, 0.6) is 11.6 Å². The molecular weight excluding hydrogens is 428 g/mol. The molecule has 0 saturated carbocycles. The van der Waals surface area contributed by atoms with E-state index in [0.717, 1.165) is 32.8 Å². The minimum absolute atomic E-state index is 0.449. The summed E-state index contributed by atoms with van der Waals surface area (Å²) in [6, 6.07) is 13.7. The van der Waals surface area contributed by atoms with Gasteiger partial charge in [-0.2, -0.15) is 4.98 Å². The predicted molar refractivity (Wildman–Crippen MR) is 109 cm³/mol. The summed E-state index contributed by atoms with van der Waals surface area (Å²) in [5.74, 6) is 2.03. The van der Waals surface area contributed by atoms with Crippen molar-refractivity contribution in [1.82, 2.24) is 15.2 Å². The van der Waals surface area contributed by atoms with E-state index in [-0.39, 0.29) is 0 Å². The van der Waals surface area contributed by atoms with E-state index in [1.807, 2.05) is 49.4 Å². The first-order chi connectivity index (χ1) is 13.2. The third-order valence-electron chi connectivity index (χ3n) is 4.08. The van der Waals surface area contributed by atoms with Gasteiger partial charge in [0.05, 0.1) is 12.7 Å². The summed E-state index contributed by atoms with van der Waals surface area (Å²) in [6.07, 6.45) is -0.490. The van der Waals surface area contributed by atoms with E-state index >= 15 is 0 Å². The second kappa shape index (κ2) is 7.74. The topological polar surface area (TPSA) is 69.2 Å². The van der Waals surface area contributed by atoms with Gasteiger partial charge in [-0.25, -0.2) is 0 Å². The maximum atomic E-state index is 6.27. The normalized spacial score (nSPS) is 15.0. The van der Waals surface area contributed by atoms with Crippen LogP contribution >= 0.6 is 27.7 Å². The molecule has 1 aliphatic rings. The van der Waals surface area contributed by atoms with Gasteiger partial charge in [0, 0.05) is 15.7 Å². The first kappa shape index (κ1) is 18.1. The Hall–Kier alpha value is -2.32. The van der Waals surface area contributed by atoms with E-state index in [9.17, 15) is 0 Å². The van der Waals surface area contributed by atoms with Crippen LogP contribution in [0.25, 0.3) is 11.3 Å². The lowest BCUT2D eigenvalue weighted by molar-refractivity contribution is 0.219. The van der Waals surface area contributed by atoms with E-state index in [1.54, 1.807) is 7.11 Å². The number of aromatic nitrogens is 3. The number of thioether (sulfide) groups is 1. The molecule has 2 aromatic carbocycles. The Morgan fingerprint density at radius 2 is 2.07 bits per heavy atom. The van der Waals surface area contributed by atoms with Crippen LogP contribution < -0.4 is 14.8 Å². The molecule has 0 radical (unpaired) electrons. The number of methoxy groups -OCH3 is 1. The predicted octanol–water partition coefficient (Wildman–Crippen LogP) is 4.92. The zero-order valence-corrected chi connectivity index (χ0v) is 17.2. The molecule has 1 aromatic heterocycles. The number of halogens is 1. The molecule has 4 rings (SSSR count). The number of para-hydroxylation sites is 1. The number of hydrogen-bond acceptors (Lipinski definition) is 7. The van der Waals surface area contributed by atoms with Crippen LogP contribution in [-0.2, 0) is 0 Å². The second-order valence-corrected chi connectivity index (χ2v) is 7.90. The standard InChI is InChI=1S/C19H17BrN4O2S/c1-3-27-19-22-18-16(23-24-19)12-6-4-5-7-14(12)21-17(26-18)13-10-11(20)8-9-15(13)25-2/h4-10,17,21H,3H2,1-2H3. The van der Waals surface area contributed by atoms with Gasteiger partial charge in [-0.3, -0.25) is 0 Å². The van der Waals surface area contributed by atoms with Crippen LogP contribution in [0.2, 0.25) is 0 Å². The van der Waals surface area contributed by atoms with Crippen molar-refractivity contribution >= 4 is 33.4 Å². The summed E-state index contributed by atoms with van der Waals surface area (Å²) in [5, 5.41) is 12.6. The number of ether oxygens (including phenoxy) is 2. The van der Waals surface area contributed by atoms with E-state index in [0.29, 0.717) is 16.7 Å². The Balaban J connectivity index is 1.86. The maximum Gasteiger partial charge on any atom is 0.247 e. The monoisotopic (exact) mass is 444 g/mol. The third-order valence-corrected chi connectivity index (χ3v) is 5.29. The van der Waals surface area contributed by atoms with Crippen molar-refractivity contribution in [2.75, 3.05) is 18.2 Å². The molecule has 1 atom stereocenters. The fourth-order valence-corrected chi connectivity index (χ4v) is 3.77. The zero-order valence-electron chi connectivity index (χ0n) is 14.8. The molecule has 1 aliphatic heterocycles. The summed E-state index contributed by atoms with van der Waals surface area (Å²) in [4.78, 5) is 4.59. The minimum atomic E-state index is -0.490. The molecule has 0 spiro atoms. The molecule has 8 heteroatoms. The molecule has 138 valence electrons. The summed E-state index contributed by atoms with van der Waals surface area (Å²) in [5.41, 5.74) is 3.28. The number of fused-ring (bicyclic) bond motifs is 3. The number of nitrogens with zero attached hydrogens (tertiary/aromatic N) is 3. The lowest BCUT2D eigenvalue weighted by Crippen LogP contribution is -2.18. The van der Waals surface area contributed by atoms with Crippen molar-refractivity contribution in [3.63, 3.8) is 0 Å². The quantitative estimate of drug-likeness (QED) is 0.572. The summed E-state index contributed by atoms with van der Waals surface area (Å²) >= 11 is 5.05. The molecule has 0 aliphatic carbocycles. The van der Waals surface area contributed by atoms with Crippen LogP contribution in [0.4, 0.5) is 5.69 Å². The maximum absolute atomic E-state index is 6.27. The van der Waals surface area contributed by atoms with Crippen LogP contribution in [0.15, 0.2) is 52.1 Å². The summed E-state index contributed by atoms with van der Waals surface area (Å²) < 4.78 is 12.7. The molecule has 0 bridgehead atoms. The Kier molecular flexibility index (Phi) is 5.18. The van der Waals surface area contributed by atoms with Crippen LogP contribution in [0, 0.1) is 0 Å². The number of anilines is 1. The average Bonchev–Trinajstić information content (AvgIpc) is 2.84. The average molecular weight is 445 g/mol. The largest absolute Gasteiger partial charge is 0.496 e. The molecule has 0 fully saturated rings. The fourth-order valence-electron chi connectivity index (χ4n) is 2.89. The highest BCUT2D eigenvalue weighted by Crippen LogP contribution is 2.41. The minimum Gasteiger partial charge on any atom is -0.496 e. The molecule has 2 heterocycles. The Morgan fingerprint density at radius 1 is 1.22 bits per heavy atom. The summed E-state index contributed by atoms with van der Waals surface area (Å²) in [7, 11) is 1.64. The lowest BCUT2D eigenvalue weighted by Gasteiger charge is -2.21. The smallest absolute Gasteiger partial charge is 0.247 e. The number of hydrogen-bond donors (Lipinski definition) is 1. The second-order valence-electron chi connectivity index (χ2n) is 5.76. The van der Waals surface area contributed by atoms with Crippen molar-refractivity contribution in [3.05, 3.63) is 52.5 Å². The van der Waals surface area contributed by atoms with Gasteiger partial charge in [0.15, 0.2) is 5.69 Å². The molecule has 27 heavy (non-hydrogen) atoms. The SMILES string of the molecule is CCSc1nnc2c(n1)OC(c1cc(Br)ccc1OC)Nc1ccccc1-2. The third kappa shape index (κ3) is 3.59. The van der Waals surface area contributed by atoms with Crippen LogP contribution in [0.1, 0.15) is 18.7 Å². The van der Waals surface area contributed by atoms with E-state index in [4.69, 9.17) is 9.47 Å². The molecule has 6 nitrogen and oxygen atoms in total. The van der Waals surface area contributed by atoms with Crippen LogP contribution in [0.3, 0.4) is 0 Å². The highest BCUT2D eigenvalue weighted by molar-refractivity contribution is 9.10. The van der Waals surface area contributed by atoms with Gasteiger partial charge in [0.2, 0.25) is 17.3 Å². The number of benzene rings is 2. The van der Waals surface area contributed by atoms with Crippen molar-refractivity contribution in [1.29, 1.82) is 0 Å².